The van der Waals surface area contributed by atoms with Gasteiger partial charge in [-0.25, -0.2) is 0 Å². The van der Waals surface area contributed by atoms with E-state index < -0.39 is 0 Å². The topological polar surface area (TPSA) is 6.48 Å². The van der Waals surface area contributed by atoms with E-state index in [9.17, 15) is 0 Å². The highest BCUT2D eigenvalue weighted by Crippen LogP contribution is 2.48. The molecule has 2 nitrogen and oxygen atoms in total. The van der Waals surface area contributed by atoms with E-state index in [1.54, 1.807) is 0 Å². The highest BCUT2D eigenvalue weighted by Gasteiger charge is 2.26. The van der Waals surface area contributed by atoms with E-state index in [2.05, 4.69) is 79.3 Å². The first-order valence-electron chi connectivity index (χ1n) is 6.96. The predicted molar refractivity (Wildman–Crippen MR) is 87.2 cm³/mol. The summed E-state index contributed by atoms with van der Waals surface area (Å²) in [6.45, 7) is 3.33. The van der Waals surface area contributed by atoms with E-state index in [0.717, 1.165) is 6.54 Å². The lowest BCUT2D eigenvalue weighted by Crippen LogP contribution is -2.38. The van der Waals surface area contributed by atoms with Gasteiger partial charge in [0.2, 0.25) is 0 Å². The van der Waals surface area contributed by atoms with Gasteiger partial charge in [0.05, 0.1) is 11.4 Å². The molecule has 0 bridgehead atoms. The molecule has 0 N–H and O–H groups in total. The molecule has 2 aromatic carbocycles. The van der Waals surface area contributed by atoms with Crippen molar-refractivity contribution in [1.82, 2.24) is 4.90 Å². The van der Waals surface area contributed by atoms with Crippen molar-refractivity contribution in [3.8, 4) is 0 Å². The van der Waals surface area contributed by atoms with Crippen LogP contribution in [-0.2, 0) is 0 Å². The van der Waals surface area contributed by atoms with Gasteiger partial charge in [-0.2, -0.15) is 0 Å². The molecule has 1 aliphatic heterocycles. The molecule has 1 aliphatic rings. The van der Waals surface area contributed by atoms with E-state index in [1.807, 2.05) is 11.8 Å². The van der Waals surface area contributed by atoms with Gasteiger partial charge in [0.25, 0.3) is 0 Å². The van der Waals surface area contributed by atoms with Crippen LogP contribution in [-0.4, -0.2) is 31.6 Å². The molecule has 0 saturated heterocycles. The summed E-state index contributed by atoms with van der Waals surface area (Å²) in [6, 6.07) is 17.8. The first kappa shape index (κ1) is 13.5. The molecule has 0 radical (unpaired) electrons. The maximum atomic E-state index is 2.47. The minimum Gasteiger partial charge on any atom is -0.335 e. The SMILES string of the molecule is CC(CN(C)C)N1c2ccccc2Sc2ccccc21. The predicted octanol–water partition coefficient (Wildman–Crippen LogP) is 4.24. The lowest BCUT2D eigenvalue weighted by molar-refractivity contribution is 0.380. The number of para-hydroxylation sites is 2. The molecule has 0 spiro atoms. The molecule has 3 rings (SSSR count). The van der Waals surface area contributed by atoms with Gasteiger partial charge in [-0.15, -0.1) is 0 Å². The van der Waals surface area contributed by atoms with Crippen molar-refractivity contribution in [2.45, 2.75) is 22.8 Å². The Labute approximate surface area is 125 Å². The summed E-state index contributed by atoms with van der Waals surface area (Å²) in [7, 11) is 4.26. The minimum atomic E-state index is 0.438. The summed E-state index contributed by atoms with van der Waals surface area (Å²) in [5.74, 6) is 0. The Morgan fingerprint density at radius 1 is 0.950 bits per heavy atom. The van der Waals surface area contributed by atoms with Gasteiger partial charge in [-0.3, -0.25) is 0 Å². The van der Waals surface area contributed by atoms with Crippen LogP contribution in [0.5, 0.6) is 0 Å². The molecular formula is C17H20N2S. The summed E-state index contributed by atoms with van der Waals surface area (Å²) in [5.41, 5.74) is 2.65. The summed E-state index contributed by atoms with van der Waals surface area (Å²) >= 11 is 1.87. The molecule has 3 heteroatoms. The Kier molecular flexibility index (Phi) is 3.72. The van der Waals surface area contributed by atoms with E-state index in [4.69, 9.17) is 0 Å². The van der Waals surface area contributed by atoms with Gasteiger partial charge in [-0.05, 0) is 45.3 Å². The average Bonchev–Trinajstić information content (AvgIpc) is 2.43. The van der Waals surface area contributed by atoms with E-state index >= 15 is 0 Å². The van der Waals surface area contributed by atoms with Crippen LogP contribution >= 0.6 is 11.8 Å². The van der Waals surface area contributed by atoms with Crippen LogP contribution in [0.25, 0.3) is 0 Å². The van der Waals surface area contributed by atoms with Crippen molar-refractivity contribution in [1.29, 1.82) is 0 Å². The zero-order valence-electron chi connectivity index (χ0n) is 12.2. The summed E-state index contributed by atoms with van der Waals surface area (Å²) in [5, 5.41) is 0. The fourth-order valence-electron chi connectivity index (χ4n) is 2.82. The second kappa shape index (κ2) is 5.51. The van der Waals surface area contributed by atoms with E-state index in [1.165, 1.54) is 21.2 Å². The molecule has 104 valence electrons. The van der Waals surface area contributed by atoms with Crippen molar-refractivity contribution in [3.63, 3.8) is 0 Å². The summed E-state index contributed by atoms with van der Waals surface area (Å²) in [6.07, 6.45) is 0. The van der Waals surface area contributed by atoms with Crippen molar-refractivity contribution in [3.05, 3.63) is 48.5 Å². The largest absolute Gasteiger partial charge is 0.335 e. The van der Waals surface area contributed by atoms with Crippen molar-refractivity contribution in [2.24, 2.45) is 0 Å². The van der Waals surface area contributed by atoms with Crippen molar-refractivity contribution in [2.75, 3.05) is 25.5 Å². The average molecular weight is 284 g/mol. The number of hydrogen-bond donors (Lipinski definition) is 0. The number of benzene rings is 2. The maximum absolute atomic E-state index is 2.47. The van der Waals surface area contributed by atoms with Gasteiger partial charge in [0.1, 0.15) is 0 Å². The zero-order chi connectivity index (χ0) is 14.1. The second-order valence-corrected chi connectivity index (χ2v) is 6.60. The highest BCUT2D eigenvalue weighted by molar-refractivity contribution is 7.99. The third-order valence-corrected chi connectivity index (χ3v) is 4.67. The van der Waals surface area contributed by atoms with Gasteiger partial charge in [0, 0.05) is 22.4 Å². The van der Waals surface area contributed by atoms with Crippen LogP contribution in [0.1, 0.15) is 6.92 Å². The van der Waals surface area contributed by atoms with Crippen LogP contribution in [0.4, 0.5) is 11.4 Å². The van der Waals surface area contributed by atoms with Gasteiger partial charge in [-0.1, -0.05) is 36.0 Å². The molecule has 0 aromatic heterocycles. The normalized spacial score (nSPS) is 14.9. The minimum absolute atomic E-state index is 0.438. The standard InChI is InChI=1S/C17H20N2S/c1-13(12-18(2)3)19-14-8-4-6-10-16(14)20-17-11-7-5-9-15(17)19/h4-11,13H,12H2,1-3H3. The fraction of sp³-hybridized carbons (Fsp3) is 0.294. The Morgan fingerprint density at radius 2 is 1.45 bits per heavy atom. The van der Waals surface area contributed by atoms with Gasteiger partial charge in [0.15, 0.2) is 0 Å². The highest BCUT2D eigenvalue weighted by atomic mass is 32.2. The number of hydrogen-bond acceptors (Lipinski definition) is 3. The van der Waals surface area contributed by atoms with Crippen LogP contribution in [0.3, 0.4) is 0 Å². The van der Waals surface area contributed by atoms with Crippen LogP contribution < -0.4 is 4.90 Å². The lowest BCUT2D eigenvalue weighted by atomic mass is 10.1. The Bertz CT molecular complexity index is 564. The number of nitrogens with zero attached hydrogens (tertiary/aromatic N) is 2. The first-order valence-corrected chi connectivity index (χ1v) is 7.78. The fourth-order valence-corrected chi connectivity index (χ4v) is 3.89. The number of rotatable bonds is 3. The van der Waals surface area contributed by atoms with Crippen LogP contribution in [0.15, 0.2) is 58.3 Å². The molecule has 20 heavy (non-hydrogen) atoms. The molecule has 0 fully saturated rings. The van der Waals surface area contributed by atoms with Gasteiger partial charge >= 0.3 is 0 Å². The molecule has 0 amide bonds. The third-order valence-electron chi connectivity index (χ3n) is 3.54. The molecular weight excluding hydrogens is 264 g/mol. The lowest BCUT2D eigenvalue weighted by Gasteiger charge is -2.38. The Hall–Kier alpha value is -1.45. The molecule has 2 aromatic rings. The maximum Gasteiger partial charge on any atom is 0.0555 e. The first-order chi connectivity index (χ1) is 9.66. The third kappa shape index (κ3) is 2.43. The number of likely N-dealkylation sites (N-methyl/N-ethyl adjacent to an activating group) is 1. The Balaban J connectivity index is 2.07. The quantitative estimate of drug-likeness (QED) is 0.832. The smallest absolute Gasteiger partial charge is 0.0555 e. The Morgan fingerprint density at radius 3 is 1.95 bits per heavy atom. The van der Waals surface area contributed by atoms with Crippen LogP contribution in [0.2, 0.25) is 0 Å². The van der Waals surface area contributed by atoms with Crippen molar-refractivity contribution >= 4 is 23.1 Å². The van der Waals surface area contributed by atoms with Gasteiger partial charge < -0.3 is 9.80 Å². The van der Waals surface area contributed by atoms with E-state index in [-0.39, 0.29) is 0 Å². The number of anilines is 2. The van der Waals surface area contributed by atoms with Crippen LogP contribution in [0, 0.1) is 0 Å². The van der Waals surface area contributed by atoms with E-state index in [0.29, 0.717) is 6.04 Å². The summed E-state index contributed by atoms with van der Waals surface area (Å²) in [4.78, 5) is 7.41. The van der Waals surface area contributed by atoms with Crippen molar-refractivity contribution < 1.29 is 0 Å². The molecule has 0 saturated carbocycles. The molecule has 1 atom stereocenters. The molecule has 1 heterocycles. The monoisotopic (exact) mass is 284 g/mol. The summed E-state index contributed by atoms with van der Waals surface area (Å²) < 4.78 is 0. The second-order valence-electron chi connectivity index (χ2n) is 5.52. The molecule has 1 unspecified atom stereocenters. The number of fused-ring (bicyclic) bond motifs is 2. The molecule has 0 aliphatic carbocycles. The zero-order valence-corrected chi connectivity index (χ0v) is 13.0.